The third-order valence-electron chi connectivity index (χ3n) is 8.03. The van der Waals surface area contributed by atoms with E-state index in [0.717, 1.165) is 37.5 Å². The van der Waals surface area contributed by atoms with E-state index >= 15 is 0 Å². The fourth-order valence-corrected chi connectivity index (χ4v) is 5.69. The van der Waals surface area contributed by atoms with Crippen LogP contribution in [-0.4, -0.2) is 35.3 Å². The number of amides is 1. The number of hydrogen-bond donors (Lipinski definition) is 0. The van der Waals surface area contributed by atoms with Gasteiger partial charge in [0.05, 0.1) is 54.0 Å². The van der Waals surface area contributed by atoms with Crippen molar-refractivity contribution in [1.82, 2.24) is 9.97 Å². The summed E-state index contributed by atoms with van der Waals surface area (Å²) in [6.45, 7) is 4.92. The molecule has 0 aliphatic carbocycles. The Morgan fingerprint density at radius 2 is 1.47 bits per heavy atom. The minimum Gasteiger partial charge on any atom is -0.490 e. The Hall–Kier alpha value is -4.24. The molecular weight excluding hydrogens is 671 g/mol. The third-order valence-corrected chi connectivity index (χ3v) is 8.03. The molecule has 0 spiro atoms. The van der Waals surface area contributed by atoms with Crippen LogP contribution in [0.3, 0.4) is 0 Å². The van der Waals surface area contributed by atoms with Crippen LogP contribution in [-0.2, 0) is 29.8 Å². The van der Waals surface area contributed by atoms with Crippen molar-refractivity contribution < 1.29 is 53.8 Å². The van der Waals surface area contributed by atoms with Crippen molar-refractivity contribution in [2.24, 2.45) is 0 Å². The number of fused-ring (bicyclic) bond motifs is 1. The second-order valence-electron chi connectivity index (χ2n) is 11.5. The number of anilines is 2. The summed E-state index contributed by atoms with van der Waals surface area (Å²) in [4.78, 5) is 24.1. The van der Waals surface area contributed by atoms with E-state index in [0.29, 0.717) is 18.7 Å². The lowest BCUT2D eigenvalue weighted by molar-refractivity contribution is -0.143. The van der Waals surface area contributed by atoms with E-state index < -0.39 is 65.5 Å². The van der Waals surface area contributed by atoms with Gasteiger partial charge in [0.2, 0.25) is 5.95 Å². The molecule has 16 heteroatoms. The van der Waals surface area contributed by atoms with Crippen LogP contribution in [0.5, 0.6) is 5.75 Å². The van der Waals surface area contributed by atoms with Gasteiger partial charge in [0.25, 0.3) is 0 Å². The number of aromatic nitrogens is 2. The second-order valence-corrected chi connectivity index (χ2v) is 11.5. The van der Waals surface area contributed by atoms with E-state index in [-0.39, 0.29) is 48.5 Å². The normalized spacial score (nSPS) is 16.7. The van der Waals surface area contributed by atoms with Gasteiger partial charge >= 0.3 is 24.6 Å². The lowest BCUT2D eigenvalue weighted by atomic mass is 9.87. The van der Waals surface area contributed by atoms with E-state index in [1.165, 1.54) is 22.2 Å². The summed E-state index contributed by atoms with van der Waals surface area (Å²) in [6.07, 6.45) is -10.6. The van der Waals surface area contributed by atoms with E-state index in [4.69, 9.17) is 9.47 Å². The average molecular weight is 707 g/mol. The molecule has 2 atom stereocenters. The quantitative estimate of drug-likeness (QED) is 0.146. The van der Waals surface area contributed by atoms with Crippen LogP contribution in [0.15, 0.2) is 48.8 Å². The van der Waals surface area contributed by atoms with Crippen molar-refractivity contribution in [2.45, 2.75) is 90.0 Å². The average Bonchev–Trinajstić information content (AvgIpc) is 3.03. The standard InChI is InChI=1S/C33H35F9N4O3/c1-4-7-8-11-49-25-17-43-29(44-18-25)45(19-20-12-22(32(37,38)39)14-23(13-20)33(40,41)42)28-16-24(5-2)46(30(47)48-6-3)27-10-9-21(15-26(27)28)31(34,35)36/h9-10,12-15,17-18,24,28H,4-8,11,16,19H2,1-3H3/t24-,28+/m1/s1. The van der Waals surface area contributed by atoms with Crippen LogP contribution in [0, 0.1) is 0 Å². The fraction of sp³-hybridized carbons (Fsp3) is 0.485. The molecule has 3 aromatic rings. The van der Waals surface area contributed by atoms with Crippen LogP contribution < -0.4 is 14.5 Å². The molecule has 49 heavy (non-hydrogen) atoms. The summed E-state index contributed by atoms with van der Waals surface area (Å²) in [5, 5.41) is 0. The Morgan fingerprint density at radius 1 is 0.857 bits per heavy atom. The number of alkyl halides is 9. The molecule has 7 nitrogen and oxygen atoms in total. The highest BCUT2D eigenvalue weighted by Crippen LogP contribution is 2.46. The van der Waals surface area contributed by atoms with Gasteiger partial charge in [0.1, 0.15) is 0 Å². The lowest BCUT2D eigenvalue weighted by Crippen LogP contribution is -2.48. The number of ether oxygens (including phenoxy) is 2. The number of nitrogens with zero attached hydrogens (tertiary/aromatic N) is 4. The van der Waals surface area contributed by atoms with E-state index in [9.17, 15) is 44.3 Å². The Balaban J connectivity index is 1.91. The predicted octanol–water partition coefficient (Wildman–Crippen LogP) is 10.00. The zero-order valence-corrected chi connectivity index (χ0v) is 26.8. The largest absolute Gasteiger partial charge is 0.490 e. The molecule has 0 fully saturated rings. The predicted molar refractivity (Wildman–Crippen MR) is 162 cm³/mol. The van der Waals surface area contributed by atoms with Crippen molar-refractivity contribution >= 4 is 17.7 Å². The topological polar surface area (TPSA) is 67.8 Å². The lowest BCUT2D eigenvalue weighted by Gasteiger charge is -2.44. The molecule has 0 N–H and O–H groups in total. The number of carbonyl (C=O) groups excluding carboxylic acids is 1. The van der Waals surface area contributed by atoms with Gasteiger partial charge in [-0.2, -0.15) is 39.5 Å². The zero-order chi connectivity index (χ0) is 36.1. The van der Waals surface area contributed by atoms with Gasteiger partial charge in [-0.05, 0) is 73.7 Å². The van der Waals surface area contributed by atoms with Gasteiger partial charge in [0.15, 0.2) is 5.75 Å². The first kappa shape index (κ1) is 37.6. The van der Waals surface area contributed by atoms with Crippen molar-refractivity contribution in [1.29, 1.82) is 0 Å². The van der Waals surface area contributed by atoms with Crippen LogP contribution >= 0.6 is 0 Å². The highest BCUT2D eigenvalue weighted by Gasteiger charge is 2.42. The number of hydrogen-bond acceptors (Lipinski definition) is 6. The monoisotopic (exact) mass is 706 g/mol. The van der Waals surface area contributed by atoms with E-state index in [1.54, 1.807) is 13.8 Å². The number of carbonyl (C=O) groups is 1. The fourth-order valence-electron chi connectivity index (χ4n) is 5.69. The highest BCUT2D eigenvalue weighted by molar-refractivity contribution is 5.90. The molecule has 1 amide bonds. The van der Waals surface area contributed by atoms with Crippen LogP contribution in [0.1, 0.15) is 86.7 Å². The molecular formula is C33H35F9N4O3. The second kappa shape index (κ2) is 15.1. The summed E-state index contributed by atoms with van der Waals surface area (Å²) in [6, 6.07) is 1.94. The van der Waals surface area contributed by atoms with Gasteiger partial charge < -0.3 is 14.4 Å². The third kappa shape index (κ3) is 9.06. The van der Waals surface area contributed by atoms with Gasteiger partial charge in [0, 0.05) is 12.6 Å². The number of unbranched alkanes of at least 4 members (excludes halogenated alkanes) is 2. The highest BCUT2D eigenvalue weighted by atomic mass is 19.4. The van der Waals surface area contributed by atoms with Gasteiger partial charge in [-0.15, -0.1) is 0 Å². The Kier molecular flexibility index (Phi) is 11.6. The molecule has 2 aromatic carbocycles. The molecule has 0 saturated heterocycles. The summed E-state index contributed by atoms with van der Waals surface area (Å²) >= 11 is 0. The van der Waals surface area contributed by atoms with Crippen molar-refractivity contribution in [2.75, 3.05) is 23.0 Å². The van der Waals surface area contributed by atoms with Gasteiger partial charge in [-0.25, -0.2) is 14.8 Å². The zero-order valence-electron chi connectivity index (χ0n) is 26.8. The maximum absolute atomic E-state index is 14.0. The first-order chi connectivity index (χ1) is 23.0. The summed E-state index contributed by atoms with van der Waals surface area (Å²) in [5.41, 5.74) is -4.67. The first-order valence-corrected chi connectivity index (χ1v) is 15.6. The summed E-state index contributed by atoms with van der Waals surface area (Å²) in [7, 11) is 0. The first-order valence-electron chi connectivity index (χ1n) is 15.6. The van der Waals surface area contributed by atoms with Crippen molar-refractivity contribution in [3.05, 3.63) is 76.6 Å². The Morgan fingerprint density at radius 3 is 2.00 bits per heavy atom. The molecule has 0 bridgehead atoms. The minimum atomic E-state index is -5.14. The molecule has 2 heterocycles. The number of halogens is 9. The minimum absolute atomic E-state index is 0.00906. The molecule has 0 saturated carbocycles. The molecule has 1 aliphatic rings. The molecule has 0 radical (unpaired) electrons. The summed E-state index contributed by atoms with van der Waals surface area (Å²) < 4.78 is 136. The maximum atomic E-state index is 14.0. The van der Waals surface area contributed by atoms with E-state index in [1.807, 2.05) is 6.92 Å². The SMILES string of the molecule is CCCCCOc1cnc(N(Cc2cc(C(F)(F)F)cc(C(F)(F)F)c2)[C@H]2C[C@@H](CC)N(C(=O)OCC)c3ccc(C(F)(F)F)cc32)nc1. The van der Waals surface area contributed by atoms with Gasteiger partial charge in [-0.1, -0.05) is 26.7 Å². The molecule has 1 aromatic heterocycles. The molecule has 0 unspecified atom stereocenters. The molecule has 1 aliphatic heterocycles. The van der Waals surface area contributed by atoms with Crippen LogP contribution in [0.2, 0.25) is 0 Å². The number of benzene rings is 2. The molecule has 268 valence electrons. The Bertz CT molecular complexity index is 1550. The van der Waals surface area contributed by atoms with Gasteiger partial charge in [-0.3, -0.25) is 4.90 Å². The van der Waals surface area contributed by atoms with Crippen molar-refractivity contribution in [3.8, 4) is 5.75 Å². The summed E-state index contributed by atoms with van der Waals surface area (Å²) in [5.74, 6) is 0.0428. The Labute approximate surface area is 277 Å². The molecule has 4 rings (SSSR count). The van der Waals surface area contributed by atoms with Crippen molar-refractivity contribution in [3.63, 3.8) is 0 Å². The maximum Gasteiger partial charge on any atom is 0.416 e. The van der Waals surface area contributed by atoms with Crippen LogP contribution in [0.4, 0.5) is 55.9 Å². The van der Waals surface area contributed by atoms with E-state index in [2.05, 4.69) is 9.97 Å². The van der Waals surface area contributed by atoms with Crippen LogP contribution in [0.25, 0.3) is 0 Å². The smallest absolute Gasteiger partial charge is 0.416 e. The number of rotatable bonds is 11.